The van der Waals surface area contributed by atoms with E-state index in [2.05, 4.69) is 94.9 Å². The van der Waals surface area contributed by atoms with Crippen molar-refractivity contribution in [2.24, 2.45) is 4.99 Å². The van der Waals surface area contributed by atoms with E-state index in [-0.39, 0.29) is 6.04 Å². The fraction of sp³-hybridized carbons (Fsp3) is 0.227. The molecule has 1 unspecified atom stereocenters. The van der Waals surface area contributed by atoms with Gasteiger partial charge in [0.05, 0.1) is 12.6 Å². The van der Waals surface area contributed by atoms with Crippen molar-refractivity contribution in [3.8, 4) is 0 Å². The fourth-order valence-electron chi connectivity index (χ4n) is 3.33. The number of fused-ring (bicyclic) bond motifs is 1. The summed E-state index contributed by atoms with van der Waals surface area (Å²) in [6, 6.07) is 26.0. The van der Waals surface area contributed by atoms with Crippen molar-refractivity contribution < 1.29 is 0 Å². The molecule has 126 valence electrons. The number of hydrogen-bond donors (Lipinski definition) is 1. The maximum absolute atomic E-state index is 4.67. The average Bonchev–Trinajstić information content (AvgIpc) is 3.08. The highest BCUT2D eigenvalue weighted by molar-refractivity contribution is 5.84. The van der Waals surface area contributed by atoms with Crippen molar-refractivity contribution in [2.45, 2.75) is 19.5 Å². The zero-order valence-electron chi connectivity index (χ0n) is 14.5. The van der Waals surface area contributed by atoms with Crippen LogP contribution in [-0.2, 0) is 6.54 Å². The molecule has 0 radical (unpaired) electrons. The summed E-state index contributed by atoms with van der Waals surface area (Å²) < 4.78 is 0. The largest absolute Gasteiger partial charge is 0.350 e. The van der Waals surface area contributed by atoms with E-state index in [1.165, 1.54) is 21.9 Å². The first kappa shape index (κ1) is 15.7. The molecule has 0 fully saturated rings. The van der Waals surface area contributed by atoms with Crippen molar-refractivity contribution in [3.63, 3.8) is 0 Å². The quantitative estimate of drug-likeness (QED) is 0.770. The first-order valence-corrected chi connectivity index (χ1v) is 8.88. The predicted molar refractivity (Wildman–Crippen MR) is 105 cm³/mol. The van der Waals surface area contributed by atoms with Crippen molar-refractivity contribution in [2.75, 3.05) is 13.1 Å². The van der Waals surface area contributed by atoms with E-state index in [9.17, 15) is 0 Å². The molecule has 1 atom stereocenters. The number of hydrogen-bond acceptors (Lipinski definition) is 3. The molecule has 0 aromatic heterocycles. The molecule has 3 heteroatoms. The van der Waals surface area contributed by atoms with Gasteiger partial charge in [-0.05, 0) is 34.9 Å². The summed E-state index contributed by atoms with van der Waals surface area (Å²) in [7, 11) is 0. The van der Waals surface area contributed by atoms with Crippen molar-refractivity contribution >= 4 is 16.7 Å². The average molecular weight is 329 g/mol. The van der Waals surface area contributed by atoms with Crippen LogP contribution in [0.4, 0.5) is 0 Å². The van der Waals surface area contributed by atoms with Crippen LogP contribution in [0.1, 0.15) is 24.1 Å². The minimum atomic E-state index is 0.222. The molecule has 0 saturated heterocycles. The summed E-state index contributed by atoms with van der Waals surface area (Å²) in [5.74, 6) is 1.00. The summed E-state index contributed by atoms with van der Waals surface area (Å²) in [5, 5.41) is 6.17. The second-order valence-corrected chi connectivity index (χ2v) is 6.59. The van der Waals surface area contributed by atoms with Gasteiger partial charge in [0.15, 0.2) is 5.96 Å². The molecule has 25 heavy (non-hydrogen) atoms. The zero-order chi connectivity index (χ0) is 17.1. The van der Waals surface area contributed by atoms with Crippen LogP contribution in [0.15, 0.2) is 77.8 Å². The minimum absolute atomic E-state index is 0.222. The molecular weight excluding hydrogens is 306 g/mol. The minimum Gasteiger partial charge on any atom is -0.350 e. The van der Waals surface area contributed by atoms with Gasteiger partial charge in [0.25, 0.3) is 0 Å². The van der Waals surface area contributed by atoms with E-state index < -0.39 is 0 Å². The molecule has 0 bridgehead atoms. The van der Waals surface area contributed by atoms with E-state index >= 15 is 0 Å². The Bertz CT molecular complexity index is 886. The van der Waals surface area contributed by atoms with Gasteiger partial charge in [-0.15, -0.1) is 0 Å². The Morgan fingerprint density at radius 2 is 1.72 bits per heavy atom. The second-order valence-electron chi connectivity index (χ2n) is 6.59. The van der Waals surface area contributed by atoms with Crippen LogP contribution in [-0.4, -0.2) is 23.9 Å². The van der Waals surface area contributed by atoms with Crippen molar-refractivity contribution in [3.05, 3.63) is 83.9 Å². The number of nitrogens with zero attached hydrogens (tertiary/aromatic N) is 2. The Kier molecular flexibility index (Phi) is 4.38. The molecule has 1 heterocycles. The maximum atomic E-state index is 4.67. The highest BCUT2D eigenvalue weighted by atomic mass is 15.3. The van der Waals surface area contributed by atoms with Gasteiger partial charge in [0, 0.05) is 13.1 Å². The maximum Gasteiger partial charge on any atom is 0.194 e. The molecule has 3 nitrogen and oxygen atoms in total. The lowest BCUT2D eigenvalue weighted by atomic mass is 10.0. The van der Waals surface area contributed by atoms with Crippen LogP contribution in [0.3, 0.4) is 0 Å². The van der Waals surface area contributed by atoms with Gasteiger partial charge in [-0.1, -0.05) is 66.7 Å². The van der Waals surface area contributed by atoms with Gasteiger partial charge in [-0.25, -0.2) is 0 Å². The van der Waals surface area contributed by atoms with Gasteiger partial charge in [-0.2, -0.15) is 0 Å². The molecule has 4 rings (SSSR count). The van der Waals surface area contributed by atoms with E-state index in [1.54, 1.807) is 0 Å². The third-order valence-corrected chi connectivity index (χ3v) is 4.77. The lowest BCUT2D eigenvalue weighted by Gasteiger charge is -2.24. The van der Waals surface area contributed by atoms with Crippen LogP contribution in [0.2, 0.25) is 0 Å². The van der Waals surface area contributed by atoms with E-state index in [0.29, 0.717) is 0 Å². The van der Waals surface area contributed by atoms with Crippen molar-refractivity contribution in [1.29, 1.82) is 0 Å². The summed E-state index contributed by atoms with van der Waals surface area (Å²) in [6.45, 7) is 4.93. The standard InChI is InChI=1S/C22H23N3/c1-17(20-12-11-19-9-5-6-10-21(19)15-20)24-22-23-13-14-25(22)16-18-7-3-2-4-8-18/h2-12,15,17H,13-14,16H2,1H3,(H,23,24). The van der Waals surface area contributed by atoms with Crippen LogP contribution >= 0.6 is 0 Å². The van der Waals surface area contributed by atoms with Crippen LogP contribution in [0, 0.1) is 0 Å². The highest BCUT2D eigenvalue weighted by Gasteiger charge is 2.19. The third-order valence-electron chi connectivity index (χ3n) is 4.77. The Hall–Kier alpha value is -2.81. The predicted octanol–water partition coefficient (Wildman–Crippen LogP) is 4.36. The monoisotopic (exact) mass is 329 g/mol. The molecule has 3 aromatic carbocycles. The summed E-state index contributed by atoms with van der Waals surface area (Å²) in [6.07, 6.45) is 0. The van der Waals surface area contributed by atoms with Gasteiger partial charge in [0.1, 0.15) is 0 Å². The molecule has 1 N–H and O–H groups in total. The SMILES string of the molecule is CC(NC1=NCCN1Cc1ccccc1)c1ccc2ccccc2c1. The van der Waals surface area contributed by atoms with E-state index in [1.807, 2.05) is 0 Å². The Balaban J connectivity index is 1.48. The second kappa shape index (κ2) is 6.98. The zero-order valence-corrected chi connectivity index (χ0v) is 14.5. The number of rotatable bonds is 4. The molecule has 0 spiro atoms. The molecule has 0 aliphatic carbocycles. The summed E-state index contributed by atoms with van der Waals surface area (Å²) in [5.41, 5.74) is 2.60. The lowest BCUT2D eigenvalue weighted by molar-refractivity contribution is 0.430. The van der Waals surface area contributed by atoms with Gasteiger partial charge >= 0.3 is 0 Å². The summed E-state index contributed by atoms with van der Waals surface area (Å²) >= 11 is 0. The molecule has 1 aliphatic rings. The van der Waals surface area contributed by atoms with Gasteiger partial charge < -0.3 is 10.2 Å². The normalized spacial score (nSPS) is 15.2. The Labute approximate surface area is 149 Å². The van der Waals surface area contributed by atoms with Gasteiger partial charge in [0.2, 0.25) is 0 Å². The molecular formula is C22H23N3. The molecule has 0 saturated carbocycles. The first-order chi connectivity index (χ1) is 12.3. The van der Waals surface area contributed by atoms with Crippen LogP contribution in [0.25, 0.3) is 10.8 Å². The number of benzene rings is 3. The molecule has 0 amide bonds. The Morgan fingerprint density at radius 1 is 0.960 bits per heavy atom. The summed E-state index contributed by atoms with van der Waals surface area (Å²) in [4.78, 5) is 7.00. The third kappa shape index (κ3) is 3.50. The molecule has 3 aromatic rings. The number of aliphatic imine (C=N–C) groups is 1. The van der Waals surface area contributed by atoms with Crippen molar-refractivity contribution in [1.82, 2.24) is 10.2 Å². The Morgan fingerprint density at radius 3 is 2.56 bits per heavy atom. The number of guanidine groups is 1. The van der Waals surface area contributed by atoms with Crippen LogP contribution in [0.5, 0.6) is 0 Å². The van der Waals surface area contributed by atoms with E-state index in [0.717, 1.165) is 25.6 Å². The molecule has 1 aliphatic heterocycles. The van der Waals surface area contributed by atoms with E-state index in [4.69, 9.17) is 0 Å². The highest BCUT2D eigenvalue weighted by Crippen LogP contribution is 2.21. The topological polar surface area (TPSA) is 27.6 Å². The lowest BCUT2D eigenvalue weighted by Crippen LogP contribution is -2.39. The fourth-order valence-corrected chi connectivity index (χ4v) is 3.33. The first-order valence-electron chi connectivity index (χ1n) is 8.88. The van der Waals surface area contributed by atoms with Gasteiger partial charge in [-0.3, -0.25) is 4.99 Å². The smallest absolute Gasteiger partial charge is 0.194 e. The van der Waals surface area contributed by atoms with Crippen LogP contribution < -0.4 is 5.32 Å². The number of nitrogens with one attached hydrogen (secondary N) is 1.